The summed E-state index contributed by atoms with van der Waals surface area (Å²) in [5.74, 6) is -1.13. The SMILES string of the molecule is C=C(C)COc1ccnc(C(OCC[Si](C)(C)C)(OC(N)=O)C(C)(C)C)c1N. The van der Waals surface area contributed by atoms with Gasteiger partial charge in [-0.05, 0) is 18.5 Å². The van der Waals surface area contributed by atoms with Crippen molar-refractivity contribution in [1.82, 2.24) is 4.98 Å². The van der Waals surface area contributed by atoms with Crippen LogP contribution in [0.5, 0.6) is 5.75 Å². The van der Waals surface area contributed by atoms with E-state index in [0.717, 1.165) is 11.6 Å². The molecule has 1 rings (SSSR count). The Labute approximate surface area is 169 Å². The molecule has 1 heterocycles. The molecule has 0 saturated carbocycles. The molecule has 0 aliphatic rings. The third-order valence-electron chi connectivity index (χ3n) is 4.13. The zero-order chi connectivity index (χ0) is 21.8. The van der Waals surface area contributed by atoms with Crippen LogP contribution in [-0.2, 0) is 15.3 Å². The van der Waals surface area contributed by atoms with Gasteiger partial charge >= 0.3 is 6.09 Å². The van der Waals surface area contributed by atoms with Gasteiger partial charge in [0.2, 0.25) is 0 Å². The van der Waals surface area contributed by atoms with Crippen LogP contribution in [-0.4, -0.2) is 32.4 Å². The summed E-state index contributed by atoms with van der Waals surface area (Å²) in [5.41, 5.74) is 12.4. The number of carbonyl (C=O) groups is 1. The van der Waals surface area contributed by atoms with Crippen molar-refractivity contribution >= 4 is 19.9 Å². The van der Waals surface area contributed by atoms with Crippen molar-refractivity contribution < 1.29 is 19.0 Å². The fourth-order valence-corrected chi connectivity index (χ4v) is 3.27. The van der Waals surface area contributed by atoms with Crippen LogP contribution >= 0.6 is 0 Å². The molecule has 28 heavy (non-hydrogen) atoms. The highest BCUT2D eigenvalue weighted by molar-refractivity contribution is 6.76. The van der Waals surface area contributed by atoms with Crippen molar-refractivity contribution in [2.24, 2.45) is 11.1 Å². The van der Waals surface area contributed by atoms with Gasteiger partial charge in [0.1, 0.15) is 23.7 Å². The fourth-order valence-electron chi connectivity index (χ4n) is 2.56. The van der Waals surface area contributed by atoms with E-state index in [0.29, 0.717) is 19.0 Å². The number of primary amides is 1. The lowest BCUT2D eigenvalue weighted by molar-refractivity contribution is -0.267. The number of pyridine rings is 1. The summed E-state index contributed by atoms with van der Waals surface area (Å²) in [6, 6.07) is 2.53. The number of rotatable bonds is 9. The summed E-state index contributed by atoms with van der Waals surface area (Å²) < 4.78 is 17.5. The van der Waals surface area contributed by atoms with Gasteiger partial charge in [0.05, 0.1) is 0 Å². The van der Waals surface area contributed by atoms with Crippen LogP contribution in [0.1, 0.15) is 33.4 Å². The minimum absolute atomic E-state index is 0.243. The first kappa shape index (κ1) is 24.0. The quantitative estimate of drug-likeness (QED) is 0.358. The van der Waals surface area contributed by atoms with Gasteiger partial charge in [-0.15, -0.1) is 0 Å². The Kier molecular flexibility index (Phi) is 7.67. The lowest BCUT2D eigenvalue weighted by Gasteiger charge is -2.43. The second-order valence-corrected chi connectivity index (χ2v) is 14.9. The maximum atomic E-state index is 11.8. The second kappa shape index (κ2) is 8.96. The Bertz CT molecular complexity index is 710. The van der Waals surface area contributed by atoms with E-state index in [1.165, 1.54) is 0 Å². The first-order valence-corrected chi connectivity index (χ1v) is 13.0. The highest BCUT2D eigenvalue weighted by Gasteiger charge is 2.52. The molecule has 0 aliphatic heterocycles. The summed E-state index contributed by atoms with van der Waals surface area (Å²) >= 11 is 0. The third-order valence-corrected chi connectivity index (χ3v) is 5.83. The lowest BCUT2D eigenvalue weighted by Crippen LogP contribution is -2.49. The second-order valence-electron chi connectivity index (χ2n) is 9.26. The molecular weight excluding hydrogens is 374 g/mol. The number of hydrogen-bond acceptors (Lipinski definition) is 6. The van der Waals surface area contributed by atoms with Gasteiger partial charge in [0.15, 0.2) is 0 Å². The monoisotopic (exact) mass is 409 g/mol. The molecule has 0 fully saturated rings. The molecule has 0 saturated heterocycles. The predicted molar refractivity (Wildman–Crippen MR) is 115 cm³/mol. The molecule has 1 amide bonds. The molecule has 1 atom stereocenters. The van der Waals surface area contributed by atoms with E-state index >= 15 is 0 Å². The van der Waals surface area contributed by atoms with Crippen LogP contribution < -0.4 is 16.2 Å². The largest absolute Gasteiger partial charge is 0.487 e. The van der Waals surface area contributed by atoms with Gasteiger partial charge in [-0.25, -0.2) is 4.79 Å². The molecule has 0 aliphatic carbocycles. The Morgan fingerprint density at radius 3 is 2.36 bits per heavy atom. The smallest absolute Gasteiger partial charge is 0.407 e. The number of nitrogens with two attached hydrogens (primary N) is 2. The predicted octanol–water partition coefficient (Wildman–Crippen LogP) is 4.27. The summed E-state index contributed by atoms with van der Waals surface area (Å²) in [6.45, 7) is 18.7. The molecule has 0 spiro atoms. The van der Waals surface area contributed by atoms with Crippen LogP contribution in [0.2, 0.25) is 25.7 Å². The van der Waals surface area contributed by atoms with E-state index in [9.17, 15) is 4.79 Å². The number of amides is 1. The Balaban J connectivity index is 3.47. The average molecular weight is 410 g/mol. The molecule has 8 heteroatoms. The summed E-state index contributed by atoms with van der Waals surface area (Å²) in [5, 5.41) is 0. The van der Waals surface area contributed by atoms with Crippen LogP contribution in [0.3, 0.4) is 0 Å². The van der Waals surface area contributed by atoms with Crippen molar-refractivity contribution in [3.63, 3.8) is 0 Å². The minimum Gasteiger partial charge on any atom is -0.487 e. The zero-order valence-electron chi connectivity index (χ0n) is 18.2. The number of nitrogens with zero attached hydrogens (tertiary/aromatic N) is 1. The van der Waals surface area contributed by atoms with Gasteiger partial charge in [0, 0.05) is 32.4 Å². The normalized spacial score (nSPS) is 14.2. The van der Waals surface area contributed by atoms with Gasteiger partial charge < -0.3 is 25.7 Å². The third kappa shape index (κ3) is 6.24. The molecule has 1 aromatic rings. The van der Waals surface area contributed by atoms with Gasteiger partial charge in [-0.1, -0.05) is 47.0 Å². The molecule has 0 radical (unpaired) electrons. The maximum absolute atomic E-state index is 11.8. The highest BCUT2D eigenvalue weighted by Crippen LogP contribution is 2.47. The van der Waals surface area contributed by atoms with Gasteiger partial charge in [0.25, 0.3) is 5.79 Å². The molecular formula is C20H35N3O4Si. The van der Waals surface area contributed by atoms with E-state index in [1.54, 1.807) is 12.3 Å². The van der Waals surface area contributed by atoms with Crippen LogP contribution in [0.15, 0.2) is 24.4 Å². The van der Waals surface area contributed by atoms with E-state index < -0.39 is 25.4 Å². The summed E-state index contributed by atoms with van der Waals surface area (Å²) in [6.07, 6.45) is 0.587. The van der Waals surface area contributed by atoms with Crippen molar-refractivity contribution in [3.05, 3.63) is 30.1 Å². The van der Waals surface area contributed by atoms with E-state index in [-0.39, 0.29) is 11.4 Å². The van der Waals surface area contributed by atoms with Crippen LogP contribution in [0.4, 0.5) is 10.5 Å². The van der Waals surface area contributed by atoms with Crippen molar-refractivity contribution in [3.8, 4) is 5.75 Å². The van der Waals surface area contributed by atoms with Gasteiger partial charge in [-0.3, -0.25) is 4.98 Å². The summed E-state index contributed by atoms with van der Waals surface area (Å²) in [4.78, 5) is 16.2. The van der Waals surface area contributed by atoms with Crippen molar-refractivity contribution in [2.75, 3.05) is 18.9 Å². The van der Waals surface area contributed by atoms with Crippen LogP contribution in [0, 0.1) is 5.41 Å². The number of carbonyl (C=O) groups excluding carboxylic acids is 1. The van der Waals surface area contributed by atoms with Crippen molar-refractivity contribution in [1.29, 1.82) is 0 Å². The molecule has 4 N–H and O–H groups in total. The number of anilines is 1. The molecule has 158 valence electrons. The van der Waals surface area contributed by atoms with E-state index in [4.69, 9.17) is 25.7 Å². The number of nitrogen functional groups attached to an aromatic ring is 1. The molecule has 1 aromatic heterocycles. The number of aromatic nitrogens is 1. The molecule has 0 bridgehead atoms. The first-order valence-electron chi connectivity index (χ1n) is 9.34. The molecule has 1 unspecified atom stereocenters. The van der Waals surface area contributed by atoms with Gasteiger partial charge in [-0.2, -0.15) is 0 Å². The van der Waals surface area contributed by atoms with E-state index in [2.05, 4.69) is 31.2 Å². The number of ether oxygens (including phenoxy) is 3. The first-order chi connectivity index (χ1) is 12.7. The molecule has 7 nitrogen and oxygen atoms in total. The Hall–Kier alpha value is -2.06. The van der Waals surface area contributed by atoms with Crippen molar-refractivity contribution in [2.45, 2.75) is 59.2 Å². The average Bonchev–Trinajstić information content (AvgIpc) is 2.50. The fraction of sp³-hybridized carbons (Fsp3) is 0.600. The van der Waals surface area contributed by atoms with E-state index in [1.807, 2.05) is 27.7 Å². The Morgan fingerprint density at radius 2 is 1.89 bits per heavy atom. The lowest BCUT2D eigenvalue weighted by atomic mass is 9.82. The Morgan fingerprint density at radius 1 is 1.29 bits per heavy atom. The maximum Gasteiger partial charge on any atom is 0.407 e. The number of hydrogen-bond donors (Lipinski definition) is 2. The van der Waals surface area contributed by atoms with Crippen LogP contribution in [0.25, 0.3) is 0 Å². The summed E-state index contributed by atoms with van der Waals surface area (Å²) in [7, 11) is -1.39. The standard InChI is InChI=1S/C20H35N3O4Si/c1-14(2)13-25-15-9-10-23-17(16(15)21)20(19(3,4)5,27-18(22)24)26-11-12-28(6,7)8/h9-10H,1,11-13,21H2,2-8H3,(H2,22,24). The minimum atomic E-state index is -1.55. The highest BCUT2D eigenvalue weighted by atomic mass is 28.3. The topological polar surface area (TPSA) is 110 Å². The molecule has 0 aromatic carbocycles. The zero-order valence-corrected chi connectivity index (χ0v) is 19.2.